The van der Waals surface area contributed by atoms with Crippen molar-refractivity contribution in [2.75, 3.05) is 18.4 Å². The van der Waals surface area contributed by atoms with E-state index in [9.17, 15) is 13.2 Å². The molecule has 3 aromatic rings. The predicted molar refractivity (Wildman–Crippen MR) is 121 cm³/mol. The maximum atomic E-state index is 13.1. The van der Waals surface area contributed by atoms with Crippen LogP contribution >= 0.6 is 11.3 Å². The monoisotopic (exact) mass is 454 g/mol. The summed E-state index contributed by atoms with van der Waals surface area (Å²) in [5.74, 6) is 2.40. The fourth-order valence-corrected chi connectivity index (χ4v) is 6.34. The third kappa shape index (κ3) is 4.42. The summed E-state index contributed by atoms with van der Waals surface area (Å²) in [5, 5.41) is 4.70. The summed E-state index contributed by atoms with van der Waals surface area (Å²) >= 11 is 1.18. The molecule has 160 valence electrons. The van der Waals surface area contributed by atoms with Gasteiger partial charge in [0.15, 0.2) is 0 Å². The maximum Gasteiger partial charge on any atom is 0.252 e. The second-order valence-electron chi connectivity index (χ2n) is 7.26. The van der Waals surface area contributed by atoms with Crippen molar-refractivity contribution in [2.24, 2.45) is 5.92 Å². The van der Waals surface area contributed by atoms with Crippen molar-refractivity contribution in [2.45, 2.75) is 23.6 Å². The zero-order chi connectivity index (χ0) is 21.8. The van der Waals surface area contributed by atoms with Crippen molar-refractivity contribution >= 4 is 33.1 Å². The van der Waals surface area contributed by atoms with E-state index in [1.807, 2.05) is 30.3 Å². The molecule has 1 saturated heterocycles. The quantitative estimate of drug-likeness (QED) is 0.580. The highest BCUT2D eigenvalue weighted by atomic mass is 32.2. The Labute approximate surface area is 185 Å². The summed E-state index contributed by atoms with van der Waals surface area (Å²) in [7, 11) is -3.59. The molecular formula is C22H22N4O3S2. The van der Waals surface area contributed by atoms with Gasteiger partial charge in [0.25, 0.3) is 10.0 Å². The lowest BCUT2D eigenvalue weighted by Crippen LogP contribution is -2.43. The minimum atomic E-state index is -3.59. The van der Waals surface area contributed by atoms with Crippen LogP contribution in [0.4, 0.5) is 5.82 Å². The van der Waals surface area contributed by atoms with Crippen molar-refractivity contribution in [1.82, 2.24) is 13.9 Å². The van der Waals surface area contributed by atoms with E-state index in [1.54, 1.807) is 28.4 Å². The van der Waals surface area contributed by atoms with Gasteiger partial charge >= 0.3 is 0 Å². The molecule has 3 heterocycles. The van der Waals surface area contributed by atoms with Crippen LogP contribution in [-0.2, 0) is 21.4 Å². The van der Waals surface area contributed by atoms with E-state index in [2.05, 4.69) is 16.2 Å². The number of carbonyl (C=O) groups excluding carboxylic acids is 1. The lowest BCUT2D eigenvalue weighted by atomic mass is 9.99. The van der Waals surface area contributed by atoms with Crippen LogP contribution in [0, 0.1) is 18.3 Å². The van der Waals surface area contributed by atoms with Crippen LogP contribution in [0.15, 0.2) is 58.4 Å². The molecule has 1 N–H and O–H groups in total. The zero-order valence-electron chi connectivity index (χ0n) is 16.8. The SMILES string of the molecule is C#CCn1cnc(-c2ccccc2)c1NC(=O)[C@H]1CCCN(S(=O)(=O)c2cccs2)C1. The first-order chi connectivity index (χ1) is 15.0. The first-order valence-electron chi connectivity index (χ1n) is 9.89. The number of terminal acetylenes is 1. The van der Waals surface area contributed by atoms with Gasteiger partial charge in [-0.25, -0.2) is 13.4 Å². The molecule has 0 radical (unpaired) electrons. The minimum Gasteiger partial charge on any atom is -0.310 e. The number of imidazole rings is 1. The van der Waals surface area contributed by atoms with E-state index < -0.39 is 15.9 Å². The van der Waals surface area contributed by atoms with Gasteiger partial charge in [-0.05, 0) is 24.3 Å². The molecule has 0 bridgehead atoms. The molecular weight excluding hydrogens is 432 g/mol. The summed E-state index contributed by atoms with van der Waals surface area (Å²) in [4.78, 5) is 17.6. The van der Waals surface area contributed by atoms with Crippen LogP contribution in [0.5, 0.6) is 0 Å². The summed E-state index contributed by atoms with van der Waals surface area (Å²) in [6.07, 6.45) is 8.32. The van der Waals surface area contributed by atoms with E-state index in [4.69, 9.17) is 6.42 Å². The van der Waals surface area contributed by atoms with Crippen LogP contribution in [0.3, 0.4) is 0 Å². The number of nitrogens with zero attached hydrogens (tertiary/aromatic N) is 3. The molecule has 0 spiro atoms. The number of carbonyl (C=O) groups is 1. The largest absolute Gasteiger partial charge is 0.310 e. The van der Waals surface area contributed by atoms with Crippen molar-refractivity contribution in [1.29, 1.82) is 0 Å². The van der Waals surface area contributed by atoms with Crippen molar-refractivity contribution < 1.29 is 13.2 Å². The number of benzene rings is 1. The summed E-state index contributed by atoms with van der Waals surface area (Å²) in [6.45, 7) is 0.823. The van der Waals surface area contributed by atoms with Crippen LogP contribution in [0.25, 0.3) is 11.3 Å². The predicted octanol–water partition coefficient (Wildman–Crippen LogP) is 3.28. The van der Waals surface area contributed by atoms with E-state index in [0.717, 1.165) is 5.56 Å². The Morgan fingerprint density at radius 1 is 1.26 bits per heavy atom. The van der Waals surface area contributed by atoms with E-state index in [0.29, 0.717) is 35.1 Å². The molecule has 4 rings (SSSR count). The molecule has 0 aliphatic carbocycles. The maximum absolute atomic E-state index is 13.1. The number of nitrogens with one attached hydrogen (secondary N) is 1. The van der Waals surface area contributed by atoms with Gasteiger partial charge in [-0.2, -0.15) is 4.31 Å². The smallest absolute Gasteiger partial charge is 0.252 e. The number of anilines is 1. The average Bonchev–Trinajstić information content (AvgIpc) is 3.46. The molecule has 7 nitrogen and oxygen atoms in total. The van der Waals surface area contributed by atoms with Gasteiger partial charge in [-0.3, -0.25) is 4.79 Å². The van der Waals surface area contributed by atoms with Crippen molar-refractivity contribution in [3.63, 3.8) is 0 Å². The first-order valence-corrected chi connectivity index (χ1v) is 12.2. The fourth-order valence-electron chi connectivity index (χ4n) is 3.67. The molecule has 1 aliphatic rings. The Morgan fingerprint density at radius 2 is 2.06 bits per heavy atom. The van der Waals surface area contributed by atoms with Crippen LogP contribution in [-0.4, -0.2) is 41.3 Å². The minimum absolute atomic E-state index is 0.149. The van der Waals surface area contributed by atoms with Crippen LogP contribution < -0.4 is 5.32 Å². The van der Waals surface area contributed by atoms with Gasteiger partial charge in [0.05, 0.1) is 18.8 Å². The van der Waals surface area contributed by atoms with Gasteiger partial charge < -0.3 is 9.88 Å². The fraction of sp³-hybridized carbons (Fsp3) is 0.273. The molecule has 1 aliphatic heterocycles. The number of piperidine rings is 1. The number of hydrogen-bond acceptors (Lipinski definition) is 5. The molecule has 31 heavy (non-hydrogen) atoms. The third-order valence-corrected chi connectivity index (χ3v) is 8.47. The Morgan fingerprint density at radius 3 is 2.77 bits per heavy atom. The third-order valence-electron chi connectivity index (χ3n) is 5.23. The number of sulfonamides is 1. The molecule has 1 fully saturated rings. The molecule has 9 heteroatoms. The van der Waals surface area contributed by atoms with E-state index >= 15 is 0 Å². The van der Waals surface area contributed by atoms with E-state index in [1.165, 1.54) is 15.6 Å². The normalized spacial score (nSPS) is 17.2. The van der Waals surface area contributed by atoms with Crippen molar-refractivity contribution in [3.05, 3.63) is 54.2 Å². The molecule has 1 amide bonds. The topological polar surface area (TPSA) is 84.3 Å². The lowest BCUT2D eigenvalue weighted by Gasteiger charge is -2.30. The van der Waals surface area contributed by atoms with Gasteiger partial charge in [0.1, 0.15) is 15.7 Å². The second kappa shape index (κ2) is 9.06. The molecule has 1 aromatic carbocycles. The van der Waals surface area contributed by atoms with Gasteiger partial charge in [-0.1, -0.05) is 42.3 Å². The van der Waals surface area contributed by atoms with Crippen LogP contribution in [0.2, 0.25) is 0 Å². The van der Waals surface area contributed by atoms with E-state index in [-0.39, 0.29) is 19.0 Å². The number of rotatable bonds is 6. The highest BCUT2D eigenvalue weighted by Gasteiger charge is 2.34. The molecule has 0 saturated carbocycles. The van der Waals surface area contributed by atoms with Crippen LogP contribution in [0.1, 0.15) is 12.8 Å². The highest BCUT2D eigenvalue weighted by molar-refractivity contribution is 7.91. The van der Waals surface area contributed by atoms with Gasteiger partial charge in [0.2, 0.25) is 5.91 Å². The summed E-state index contributed by atoms with van der Waals surface area (Å²) in [5.41, 5.74) is 1.49. The number of aromatic nitrogens is 2. The summed E-state index contributed by atoms with van der Waals surface area (Å²) in [6, 6.07) is 12.8. The Hall–Kier alpha value is -2.93. The lowest BCUT2D eigenvalue weighted by molar-refractivity contribution is -0.120. The zero-order valence-corrected chi connectivity index (χ0v) is 18.4. The van der Waals surface area contributed by atoms with Gasteiger partial charge in [-0.15, -0.1) is 17.8 Å². The van der Waals surface area contributed by atoms with Gasteiger partial charge in [0, 0.05) is 18.7 Å². The Kier molecular flexibility index (Phi) is 6.23. The number of amides is 1. The average molecular weight is 455 g/mol. The summed E-state index contributed by atoms with van der Waals surface area (Å²) < 4.78 is 29.2. The Balaban J connectivity index is 1.56. The van der Waals surface area contributed by atoms with Crippen molar-refractivity contribution in [3.8, 4) is 23.6 Å². The highest BCUT2D eigenvalue weighted by Crippen LogP contribution is 2.30. The Bertz CT molecular complexity index is 1200. The molecule has 0 unspecified atom stereocenters. The standard InChI is InChI=1S/C22H22N4O3S2/c1-2-12-25-16-23-20(17-8-4-3-5-9-17)21(25)24-22(27)18-10-6-13-26(15-18)31(28,29)19-11-7-14-30-19/h1,3-5,7-9,11,14,16,18H,6,10,12-13,15H2,(H,24,27)/t18-/m0/s1. The number of hydrogen-bond donors (Lipinski definition) is 1. The molecule has 1 atom stereocenters. The first kappa shape index (κ1) is 21.3. The number of thiophene rings is 1. The second-order valence-corrected chi connectivity index (χ2v) is 10.4. The molecule has 2 aromatic heterocycles.